The minimum atomic E-state index is 0.0980. The molecule has 1 amide bonds. The molecule has 0 aromatic carbocycles. The third kappa shape index (κ3) is 3.76. The van der Waals surface area contributed by atoms with Gasteiger partial charge in [0, 0.05) is 37.2 Å². The highest BCUT2D eigenvalue weighted by Gasteiger charge is 2.23. The van der Waals surface area contributed by atoms with Crippen LogP contribution >= 0.6 is 0 Å². The number of hydrogen-bond acceptors (Lipinski definition) is 4. The van der Waals surface area contributed by atoms with E-state index < -0.39 is 0 Å². The zero-order chi connectivity index (χ0) is 16.1. The molecule has 1 fully saturated rings. The van der Waals surface area contributed by atoms with E-state index in [1.165, 1.54) is 6.42 Å². The van der Waals surface area contributed by atoms with E-state index in [4.69, 9.17) is 0 Å². The molecule has 1 N–H and O–H groups in total. The fourth-order valence-corrected chi connectivity index (χ4v) is 3.04. The molecule has 1 aliphatic rings. The molecular weight excluding hydrogens is 290 g/mol. The van der Waals surface area contributed by atoms with Gasteiger partial charge >= 0.3 is 0 Å². The van der Waals surface area contributed by atoms with Crippen molar-refractivity contribution in [1.29, 1.82) is 0 Å². The van der Waals surface area contributed by atoms with Crippen LogP contribution in [0.25, 0.3) is 5.82 Å². The first kappa shape index (κ1) is 15.7. The van der Waals surface area contributed by atoms with Gasteiger partial charge in [-0.25, -0.2) is 9.97 Å². The highest BCUT2D eigenvalue weighted by atomic mass is 16.2. The van der Waals surface area contributed by atoms with Crippen molar-refractivity contribution >= 4 is 5.91 Å². The normalized spacial score (nSPS) is 15.8. The molecule has 6 nitrogen and oxygen atoms in total. The minimum absolute atomic E-state index is 0.0980. The Morgan fingerprint density at radius 1 is 1.35 bits per heavy atom. The second kappa shape index (κ2) is 7.37. The molecule has 2 aromatic heterocycles. The van der Waals surface area contributed by atoms with Crippen molar-refractivity contribution in [2.75, 3.05) is 26.7 Å². The maximum Gasteiger partial charge on any atom is 0.254 e. The van der Waals surface area contributed by atoms with Gasteiger partial charge in [0.15, 0.2) is 0 Å². The maximum absolute atomic E-state index is 12.7. The van der Waals surface area contributed by atoms with Crippen molar-refractivity contribution in [1.82, 2.24) is 24.8 Å². The van der Waals surface area contributed by atoms with Crippen molar-refractivity contribution in [2.24, 2.45) is 5.92 Å². The van der Waals surface area contributed by atoms with Crippen LogP contribution in [-0.4, -0.2) is 52.0 Å². The molecular formula is C17H23N5O. The largest absolute Gasteiger partial charge is 0.339 e. The predicted molar refractivity (Wildman–Crippen MR) is 88.5 cm³/mol. The Bertz CT molecular complexity index is 632. The quantitative estimate of drug-likeness (QED) is 0.913. The lowest BCUT2D eigenvalue weighted by atomic mass is 9.93. The Morgan fingerprint density at radius 3 is 2.87 bits per heavy atom. The lowest BCUT2D eigenvalue weighted by Gasteiger charge is -2.32. The summed E-state index contributed by atoms with van der Waals surface area (Å²) in [7, 11) is 1.99. The minimum Gasteiger partial charge on any atom is -0.339 e. The first-order valence-corrected chi connectivity index (χ1v) is 8.16. The third-order valence-electron chi connectivity index (χ3n) is 4.47. The summed E-state index contributed by atoms with van der Waals surface area (Å²) >= 11 is 0. The van der Waals surface area contributed by atoms with Gasteiger partial charge in [0.2, 0.25) is 0 Å². The van der Waals surface area contributed by atoms with Crippen LogP contribution in [0, 0.1) is 5.92 Å². The molecule has 1 saturated heterocycles. The Labute approximate surface area is 136 Å². The lowest BCUT2D eigenvalue weighted by Crippen LogP contribution is -2.39. The third-order valence-corrected chi connectivity index (χ3v) is 4.47. The summed E-state index contributed by atoms with van der Waals surface area (Å²) in [5.41, 5.74) is 0.692. The molecule has 0 unspecified atom stereocenters. The summed E-state index contributed by atoms with van der Waals surface area (Å²) in [5.74, 6) is 1.54. The fourth-order valence-electron chi connectivity index (χ4n) is 3.04. The molecule has 3 heterocycles. The van der Waals surface area contributed by atoms with Crippen molar-refractivity contribution in [2.45, 2.75) is 19.3 Å². The van der Waals surface area contributed by atoms with Crippen LogP contribution in [-0.2, 0) is 0 Å². The van der Waals surface area contributed by atoms with Gasteiger partial charge in [0.05, 0.1) is 0 Å². The monoisotopic (exact) mass is 313 g/mol. The molecule has 3 rings (SSSR count). The van der Waals surface area contributed by atoms with E-state index in [2.05, 4.69) is 15.3 Å². The number of hydrogen-bond donors (Lipinski definition) is 1. The second-order valence-corrected chi connectivity index (χ2v) is 6.00. The predicted octanol–water partition coefficient (Wildman–Crippen LogP) is 1.73. The van der Waals surface area contributed by atoms with Gasteiger partial charge in [-0.3, -0.25) is 9.36 Å². The summed E-state index contributed by atoms with van der Waals surface area (Å²) < 4.78 is 1.81. The van der Waals surface area contributed by atoms with Gasteiger partial charge in [-0.1, -0.05) is 0 Å². The Kier molecular flexibility index (Phi) is 5.02. The molecule has 122 valence electrons. The van der Waals surface area contributed by atoms with Gasteiger partial charge in [0.1, 0.15) is 12.1 Å². The van der Waals surface area contributed by atoms with Crippen LogP contribution in [0.5, 0.6) is 0 Å². The second-order valence-electron chi connectivity index (χ2n) is 6.00. The number of carbonyl (C=O) groups is 1. The average Bonchev–Trinajstić information content (AvgIpc) is 3.14. The molecule has 0 saturated carbocycles. The van der Waals surface area contributed by atoms with E-state index in [9.17, 15) is 4.79 Å². The lowest BCUT2D eigenvalue weighted by molar-refractivity contribution is 0.0687. The van der Waals surface area contributed by atoms with E-state index in [0.717, 1.165) is 44.2 Å². The number of nitrogens with one attached hydrogen (secondary N) is 1. The van der Waals surface area contributed by atoms with Crippen LogP contribution in [0.2, 0.25) is 0 Å². The smallest absolute Gasteiger partial charge is 0.254 e. The molecule has 0 atom stereocenters. The van der Waals surface area contributed by atoms with Gasteiger partial charge in [-0.2, -0.15) is 0 Å². The average molecular weight is 313 g/mol. The van der Waals surface area contributed by atoms with Crippen molar-refractivity contribution in [3.8, 4) is 5.82 Å². The summed E-state index contributed by atoms with van der Waals surface area (Å²) in [6.07, 6.45) is 10.3. The van der Waals surface area contributed by atoms with Gasteiger partial charge in [0.25, 0.3) is 5.91 Å². The highest BCUT2D eigenvalue weighted by Crippen LogP contribution is 2.21. The first-order valence-electron chi connectivity index (χ1n) is 8.16. The van der Waals surface area contributed by atoms with Crippen molar-refractivity contribution in [3.63, 3.8) is 0 Å². The van der Waals surface area contributed by atoms with Crippen LogP contribution in [0.3, 0.4) is 0 Å². The summed E-state index contributed by atoms with van der Waals surface area (Å²) in [5, 5.41) is 3.20. The van der Waals surface area contributed by atoms with E-state index >= 15 is 0 Å². The van der Waals surface area contributed by atoms with Crippen LogP contribution in [0.1, 0.15) is 29.6 Å². The molecule has 1 aliphatic heterocycles. The van der Waals surface area contributed by atoms with Gasteiger partial charge in [-0.05, 0) is 50.9 Å². The van der Waals surface area contributed by atoms with E-state index in [1.807, 2.05) is 24.2 Å². The number of imidazole rings is 1. The number of nitrogens with zero attached hydrogens (tertiary/aromatic N) is 4. The van der Waals surface area contributed by atoms with E-state index in [1.54, 1.807) is 29.4 Å². The zero-order valence-corrected chi connectivity index (χ0v) is 13.5. The first-order chi connectivity index (χ1) is 11.3. The van der Waals surface area contributed by atoms with Gasteiger partial charge < -0.3 is 10.2 Å². The number of rotatable bonds is 5. The zero-order valence-electron chi connectivity index (χ0n) is 13.5. The molecule has 2 aromatic rings. The van der Waals surface area contributed by atoms with Crippen LogP contribution in [0.15, 0.2) is 37.1 Å². The Balaban J connectivity index is 1.64. The van der Waals surface area contributed by atoms with Crippen molar-refractivity contribution in [3.05, 3.63) is 42.6 Å². The molecule has 23 heavy (non-hydrogen) atoms. The fraction of sp³-hybridized carbons (Fsp3) is 0.471. The van der Waals surface area contributed by atoms with Gasteiger partial charge in [-0.15, -0.1) is 0 Å². The van der Waals surface area contributed by atoms with Crippen LogP contribution in [0.4, 0.5) is 0 Å². The topological polar surface area (TPSA) is 63.1 Å². The molecule has 0 aliphatic carbocycles. The Hall–Kier alpha value is -2.21. The number of pyridine rings is 1. The number of carbonyl (C=O) groups excluding carboxylic acids is 1. The van der Waals surface area contributed by atoms with Crippen molar-refractivity contribution < 1.29 is 4.79 Å². The molecule has 0 radical (unpaired) electrons. The summed E-state index contributed by atoms with van der Waals surface area (Å²) in [6.45, 7) is 2.74. The number of likely N-dealkylation sites (tertiary alicyclic amines) is 1. The number of piperidine rings is 1. The number of aromatic nitrogens is 3. The molecule has 6 heteroatoms. The Morgan fingerprint density at radius 2 is 2.17 bits per heavy atom. The molecule has 0 spiro atoms. The SMILES string of the molecule is CNCCC1CCN(C(=O)c2ccnc(-n3ccnc3)c2)CC1. The van der Waals surface area contributed by atoms with E-state index in [-0.39, 0.29) is 5.91 Å². The standard InChI is InChI=1S/C17H23N5O/c1-18-6-2-14-4-9-21(10-5-14)17(23)15-3-7-20-16(12-15)22-11-8-19-13-22/h3,7-8,11-14,18H,2,4-6,9-10H2,1H3. The number of amides is 1. The summed E-state index contributed by atoms with van der Waals surface area (Å²) in [4.78, 5) is 23.0. The highest BCUT2D eigenvalue weighted by molar-refractivity contribution is 5.94. The van der Waals surface area contributed by atoms with E-state index in [0.29, 0.717) is 5.56 Å². The maximum atomic E-state index is 12.7. The molecule has 0 bridgehead atoms. The summed E-state index contributed by atoms with van der Waals surface area (Å²) in [6, 6.07) is 3.62. The van der Waals surface area contributed by atoms with Crippen LogP contribution < -0.4 is 5.32 Å².